The zero-order valence-electron chi connectivity index (χ0n) is 20.8. The molecule has 4 heterocycles. The second-order valence-corrected chi connectivity index (χ2v) is 11.1. The number of fused-ring (bicyclic) bond motifs is 3. The number of nitrogens with zero attached hydrogens (tertiary/aromatic N) is 2. The van der Waals surface area contributed by atoms with Crippen molar-refractivity contribution in [3.8, 4) is 11.8 Å². The fourth-order valence-electron chi connectivity index (χ4n) is 6.18. The second-order valence-electron chi connectivity index (χ2n) is 10.6. The van der Waals surface area contributed by atoms with E-state index in [2.05, 4.69) is 20.3 Å². The number of aromatic nitrogens is 3. The lowest BCUT2D eigenvalue weighted by Crippen LogP contribution is -2.34. The third-order valence-corrected chi connectivity index (χ3v) is 8.34. The number of ether oxygens (including phenoxy) is 4. The van der Waals surface area contributed by atoms with Crippen LogP contribution in [-0.2, 0) is 15.9 Å². The van der Waals surface area contributed by atoms with Gasteiger partial charge in [0.25, 0.3) is 6.01 Å². The van der Waals surface area contributed by atoms with Gasteiger partial charge in [0.2, 0.25) is 0 Å². The van der Waals surface area contributed by atoms with Gasteiger partial charge in [0, 0.05) is 11.6 Å². The SMILES string of the molecule is O[C@@H]1COC2C1OC[C@H]2Oc1nc2nc(N[C@H]3CCc4cc(OC5CCCCC5)cc(F)c43)c(Cl)cc2[nH]1. The lowest BCUT2D eigenvalue weighted by Gasteiger charge is -2.23. The van der Waals surface area contributed by atoms with Crippen LogP contribution in [-0.4, -0.2) is 63.8 Å². The minimum atomic E-state index is -0.653. The van der Waals surface area contributed by atoms with E-state index in [1.54, 1.807) is 6.07 Å². The van der Waals surface area contributed by atoms with Crippen LogP contribution in [0.4, 0.5) is 10.2 Å². The number of aliphatic hydroxyl groups excluding tert-OH is 1. The van der Waals surface area contributed by atoms with Crippen LogP contribution < -0.4 is 14.8 Å². The largest absolute Gasteiger partial charge is 0.490 e. The number of aliphatic hydroxyl groups is 1. The van der Waals surface area contributed by atoms with Gasteiger partial charge in [-0.2, -0.15) is 4.98 Å². The molecule has 5 atom stereocenters. The summed E-state index contributed by atoms with van der Waals surface area (Å²) < 4.78 is 38.6. The maximum atomic E-state index is 15.3. The summed E-state index contributed by atoms with van der Waals surface area (Å²) in [4.78, 5) is 12.1. The number of nitrogens with one attached hydrogen (secondary N) is 2. The molecule has 2 unspecified atom stereocenters. The topological polar surface area (TPSA) is 111 Å². The summed E-state index contributed by atoms with van der Waals surface area (Å²) in [6, 6.07) is 5.22. The van der Waals surface area contributed by atoms with Crippen LogP contribution in [0.5, 0.6) is 11.8 Å². The van der Waals surface area contributed by atoms with Crippen molar-refractivity contribution in [1.82, 2.24) is 15.0 Å². The van der Waals surface area contributed by atoms with Gasteiger partial charge in [-0.15, -0.1) is 0 Å². The van der Waals surface area contributed by atoms with E-state index in [1.807, 2.05) is 6.07 Å². The Morgan fingerprint density at radius 1 is 1.03 bits per heavy atom. The molecule has 1 saturated carbocycles. The molecular formula is C27H30ClFN4O5. The first-order chi connectivity index (χ1) is 18.5. The number of imidazole rings is 1. The number of rotatable bonds is 6. The Hall–Kier alpha value is -2.66. The van der Waals surface area contributed by atoms with E-state index in [4.69, 9.17) is 30.5 Å². The molecule has 3 aromatic rings. The Balaban J connectivity index is 1.07. The summed E-state index contributed by atoms with van der Waals surface area (Å²) in [5.74, 6) is 0.780. The number of hydrogen-bond acceptors (Lipinski definition) is 8. The van der Waals surface area contributed by atoms with E-state index in [-0.39, 0.29) is 36.7 Å². The average Bonchev–Trinajstić information content (AvgIpc) is 3.67. The average molecular weight is 545 g/mol. The summed E-state index contributed by atoms with van der Waals surface area (Å²) in [6.07, 6.45) is 5.50. The summed E-state index contributed by atoms with van der Waals surface area (Å²) in [6.45, 7) is 0.520. The number of pyridine rings is 1. The molecule has 202 valence electrons. The van der Waals surface area contributed by atoms with Crippen molar-refractivity contribution in [2.45, 2.75) is 81.5 Å². The predicted molar refractivity (Wildman–Crippen MR) is 137 cm³/mol. The van der Waals surface area contributed by atoms with E-state index in [0.717, 1.165) is 31.2 Å². The van der Waals surface area contributed by atoms with Crippen LogP contribution in [0.25, 0.3) is 11.2 Å². The maximum absolute atomic E-state index is 15.3. The fourth-order valence-corrected chi connectivity index (χ4v) is 6.39. The Kier molecular flexibility index (Phi) is 6.30. The number of hydrogen-bond donors (Lipinski definition) is 3. The smallest absolute Gasteiger partial charge is 0.296 e. The van der Waals surface area contributed by atoms with Crippen LogP contribution in [0.2, 0.25) is 5.02 Å². The van der Waals surface area contributed by atoms with Crippen LogP contribution in [0.1, 0.15) is 55.7 Å². The first-order valence-electron chi connectivity index (χ1n) is 13.4. The van der Waals surface area contributed by atoms with Gasteiger partial charge in [-0.1, -0.05) is 18.0 Å². The molecule has 0 radical (unpaired) electrons. The van der Waals surface area contributed by atoms with Crippen molar-refractivity contribution in [3.05, 3.63) is 40.2 Å². The highest BCUT2D eigenvalue weighted by atomic mass is 35.5. The molecule has 2 aliphatic carbocycles. The minimum Gasteiger partial charge on any atom is -0.490 e. The quantitative estimate of drug-likeness (QED) is 0.417. The number of H-pyrrole nitrogens is 1. The van der Waals surface area contributed by atoms with Crippen molar-refractivity contribution in [3.63, 3.8) is 0 Å². The molecule has 4 aliphatic rings. The van der Waals surface area contributed by atoms with Gasteiger partial charge in [0.15, 0.2) is 11.8 Å². The van der Waals surface area contributed by atoms with Gasteiger partial charge in [-0.25, -0.2) is 9.37 Å². The molecule has 3 fully saturated rings. The van der Waals surface area contributed by atoms with E-state index in [1.165, 1.54) is 25.3 Å². The molecule has 0 amide bonds. The molecule has 3 N–H and O–H groups in total. The first-order valence-corrected chi connectivity index (χ1v) is 13.8. The summed E-state index contributed by atoms with van der Waals surface area (Å²) in [5.41, 5.74) is 2.63. The third-order valence-electron chi connectivity index (χ3n) is 8.06. The fraction of sp³-hybridized carbons (Fsp3) is 0.556. The molecule has 7 rings (SSSR count). The van der Waals surface area contributed by atoms with Crippen LogP contribution in [0, 0.1) is 5.82 Å². The minimum absolute atomic E-state index is 0.175. The zero-order valence-corrected chi connectivity index (χ0v) is 21.5. The molecule has 1 aromatic carbocycles. The molecular weight excluding hydrogens is 515 g/mol. The highest BCUT2D eigenvalue weighted by Crippen LogP contribution is 2.40. The predicted octanol–water partition coefficient (Wildman–Crippen LogP) is 4.47. The molecule has 9 nitrogen and oxygen atoms in total. The number of halogens is 2. The summed E-state index contributed by atoms with van der Waals surface area (Å²) in [5, 5.41) is 13.7. The van der Waals surface area contributed by atoms with Crippen molar-refractivity contribution < 1.29 is 28.4 Å². The highest BCUT2D eigenvalue weighted by molar-refractivity contribution is 6.33. The Labute approximate surface area is 224 Å². The molecule has 2 aromatic heterocycles. The molecule has 2 saturated heterocycles. The second kappa shape index (κ2) is 9.82. The standard InChI is InChI=1S/C27H30ClFN4O5/c28-16-10-19-26(33-27(31-19)38-21-12-36-23-20(34)11-35-24(21)23)32-25(16)30-18-7-6-13-8-15(9-17(29)22(13)18)37-14-4-2-1-3-5-14/h8-10,14,18,20-21,23-24,34H,1-7,11-12H2,(H2,30,31,32,33)/t18-,20+,21+,23?,24?/m0/s1. The molecule has 2 aliphatic heterocycles. The van der Waals surface area contributed by atoms with Gasteiger partial charge < -0.3 is 34.4 Å². The van der Waals surface area contributed by atoms with Crippen molar-refractivity contribution >= 4 is 28.6 Å². The lowest BCUT2D eigenvalue weighted by molar-refractivity contribution is 0.00706. The Morgan fingerprint density at radius 3 is 2.74 bits per heavy atom. The van der Waals surface area contributed by atoms with Gasteiger partial charge in [0.05, 0.1) is 35.9 Å². The highest BCUT2D eigenvalue weighted by Gasteiger charge is 2.48. The van der Waals surface area contributed by atoms with Gasteiger partial charge in [0.1, 0.15) is 35.7 Å². The van der Waals surface area contributed by atoms with E-state index in [9.17, 15) is 5.11 Å². The zero-order chi connectivity index (χ0) is 25.8. The molecule has 11 heteroatoms. The van der Waals surface area contributed by atoms with Crippen LogP contribution in [0.3, 0.4) is 0 Å². The van der Waals surface area contributed by atoms with Gasteiger partial charge in [-0.3, -0.25) is 0 Å². The number of anilines is 1. The first kappa shape index (κ1) is 24.4. The molecule has 0 bridgehead atoms. The van der Waals surface area contributed by atoms with E-state index in [0.29, 0.717) is 39.9 Å². The number of aromatic amines is 1. The van der Waals surface area contributed by atoms with Gasteiger partial charge in [-0.05, 0) is 56.2 Å². The third kappa shape index (κ3) is 4.47. The van der Waals surface area contributed by atoms with Crippen molar-refractivity contribution in [2.75, 3.05) is 18.5 Å². The monoisotopic (exact) mass is 544 g/mol. The van der Waals surface area contributed by atoms with Crippen LogP contribution in [0.15, 0.2) is 18.2 Å². The molecule has 38 heavy (non-hydrogen) atoms. The maximum Gasteiger partial charge on any atom is 0.296 e. The lowest BCUT2D eigenvalue weighted by atomic mass is 9.97. The summed E-state index contributed by atoms with van der Waals surface area (Å²) >= 11 is 6.56. The molecule has 0 spiro atoms. The Morgan fingerprint density at radius 2 is 1.87 bits per heavy atom. The normalized spacial score (nSPS) is 29.0. The van der Waals surface area contributed by atoms with Crippen LogP contribution >= 0.6 is 11.6 Å². The summed E-state index contributed by atoms with van der Waals surface area (Å²) in [7, 11) is 0. The van der Waals surface area contributed by atoms with E-state index >= 15 is 4.39 Å². The number of aryl methyl sites for hydroxylation is 1. The van der Waals surface area contributed by atoms with E-state index < -0.39 is 18.3 Å². The number of benzene rings is 1. The van der Waals surface area contributed by atoms with Crippen molar-refractivity contribution in [1.29, 1.82) is 0 Å². The van der Waals surface area contributed by atoms with Gasteiger partial charge >= 0.3 is 0 Å². The van der Waals surface area contributed by atoms with Crippen molar-refractivity contribution in [2.24, 2.45) is 0 Å². The Bertz CT molecular complexity index is 1350.